The van der Waals surface area contributed by atoms with Gasteiger partial charge >= 0.3 is 0 Å². The molecule has 0 spiro atoms. The number of hydrogen-bond donors (Lipinski definition) is 2. The van der Waals surface area contributed by atoms with Crippen LogP contribution in [-0.4, -0.2) is 23.1 Å². The van der Waals surface area contributed by atoms with Gasteiger partial charge in [-0.15, -0.1) is 0 Å². The Hall–Kier alpha value is -3.22. The lowest BCUT2D eigenvalue weighted by atomic mass is 10.2. The molecular formula is C21H21F2N5. The van der Waals surface area contributed by atoms with E-state index >= 15 is 0 Å². The zero-order chi connectivity index (χ0) is 19.5. The first kappa shape index (κ1) is 18.2. The molecule has 1 fully saturated rings. The van der Waals surface area contributed by atoms with E-state index in [-0.39, 0.29) is 0 Å². The maximum atomic E-state index is 13.4. The van der Waals surface area contributed by atoms with Gasteiger partial charge in [-0.25, -0.2) is 13.8 Å². The van der Waals surface area contributed by atoms with Gasteiger partial charge in [0.15, 0.2) is 11.6 Å². The Morgan fingerprint density at radius 1 is 0.821 bits per heavy atom. The predicted molar refractivity (Wildman–Crippen MR) is 108 cm³/mol. The van der Waals surface area contributed by atoms with Crippen molar-refractivity contribution in [3.8, 4) is 0 Å². The van der Waals surface area contributed by atoms with E-state index in [9.17, 15) is 8.78 Å². The number of benzene rings is 2. The highest BCUT2D eigenvalue weighted by molar-refractivity contribution is 5.63. The van der Waals surface area contributed by atoms with Crippen molar-refractivity contribution in [1.29, 1.82) is 0 Å². The number of anilines is 5. The van der Waals surface area contributed by atoms with Crippen LogP contribution in [0.4, 0.5) is 37.6 Å². The third-order valence-electron chi connectivity index (χ3n) is 4.64. The van der Waals surface area contributed by atoms with Crippen molar-refractivity contribution < 1.29 is 8.78 Å². The number of aryl methyl sites for hydroxylation is 1. The molecule has 5 nitrogen and oxygen atoms in total. The van der Waals surface area contributed by atoms with Crippen molar-refractivity contribution >= 4 is 28.8 Å². The molecule has 0 aliphatic carbocycles. The molecule has 1 saturated heterocycles. The van der Waals surface area contributed by atoms with Gasteiger partial charge < -0.3 is 15.5 Å². The number of halogens is 2. The average Bonchev–Trinajstić information content (AvgIpc) is 3.20. The Morgan fingerprint density at radius 2 is 1.54 bits per heavy atom. The zero-order valence-electron chi connectivity index (χ0n) is 15.5. The van der Waals surface area contributed by atoms with Crippen molar-refractivity contribution in [2.75, 3.05) is 28.6 Å². The van der Waals surface area contributed by atoms with Crippen LogP contribution in [0.5, 0.6) is 0 Å². The average molecular weight is 381 g/mol. The molecule has 28 heavy (non-hydrogen) atoms. The van der Waals surface area contributed by atoms with E-state index in [1.54, 1.807) is 0 Å². The Labute approximate surface area is 162 Å². The highest BCUT2D eigenvalue weighted by Crippen LogP contribution is 2.24. The molecule has 0 radical (unpaired) electrons. The molecule has 1 aliphatic rings. The second-order valence-corrected chi connectivity index (χ2v) is 6.84. The van der Waals surface area contributed by atoms with E-state index in [0.29, 0.717) is 17.5 Å². The van der Waals surface area contributed by atoms with E-state index in [1.807, 2.05) is 25.1 Å². The third kappa shape index (κ3) is 4.19. The van der Waals surface area contributed by atoms with Crippen molar-refractivity contribution in [3.05, 3.63) is 65.9 Å². The summed E-state index contributed by atoms with van der Waals surface area (Å²) in [6.07, 6.45) is 2.49. The van der Waals surface area contributed by atoms with Gasteiger partial charge in [0.1, 0.15) is 5.82 Å². The summed E-state index contributed by atoms with van der Waals surface area (Å²) in [7, 11) is 0. The third-order valence-corrected chi connectivity index (χ3v) is 4.64. The Bertz CT molecular complexity index is 969. The van der Waals surface area contributed by atoms with Gasteiger partial charge in [-0.2, -0.15) is 4.98 Å². The van der Waals surface area contributed by atoms with Gasteiger partial charge in [-0.1, -0.05) is 0 Å². The normalized spacial score (nSPS) is 13.6. The lowest BCUT2D eigenvalue weighted by Crippen LogP contribution is -2.17. The van der Waals surface area contributed by atoms with Crippen LogP contribution in [0.15, 0.2) is 48.5 Å². The van der Waals surface area contributed by atoms with Gasteiger partial charge in [0, 0.05) is 48.0 Å². The molecule has 2 aromatic carbocycles. The summed E-state index contributed by atoms with van der Waals surface area (Å²) >= 11 is 0. The van der Waals surface area contributed by atoms with Crippen LogP contribution in [-0.2, 0) is 0 Å². The monoisotopic (exact) mass is 381 g/mol. The summed E-state index contributed by atoms with van der Waals surface area (Å²) in [6.45, 7) is 4.06. The van der Waals surface area contributed by atoms with Crippen LogP contribution in [0.2, 0.25) is 0 Å². The largest absolute Gasteiger partial charge is 0.372 e. The van der Waals surface area contributed by atoms with E-state index in [0.717, 1.165) is 36.6 Å². The molecule has 4 rings (SSSR count). The summed E-state index contributed by atoms with van der Waals surface area (Å²) in [6, 6.07) is 13.6. The number of rotatable bonds is 5. The van der Waals surface area contributed by atoms with Gasteiger partial charge in [0.05, 0.1) is 0 Å². The molecule has 1 aliphatic heterocycles. The Balaban J connectivity index is 1.49. The smallest absolute Gasteiger partial charge is 0.229 e. The molecule has 1 aromatic heterocycles. The molecule has 0 unspecified atom stereocenters. The number of nitrogens with zero attached hydrogens (tertiary/aromatic N) is 3. The van der Waals surface area contributed by atoms with Crippen LogP contribution in [0.1, 0.15) is 18.5 Å². The zero-order valence-corrected chi connectivity index (χ0v) is 15.5. The van der Waals surface area contributed by atoms with Crippen molar-refractivity contribution in [2.45, 2.75) is 19.8 Å². The first-order valence-electron chi connectivity index (χ1n) is 9.27. The number of aromatic nitrogens is 2. The fourth-order valence-electron chi connectivity index (χ4n) is 3.27. The van der Waals surface area contributed by atoms with Crippen LogP contribution in [0.3, 0.4) is 0 Å². The van der Waals surface area contributed by atoms with Crippen LogP contribution >= 0.6 is 0 Å². The van der Waals surface area contributed by atoms with Crippen molar-refractivity contribution in [1.82, 2.24) is 9.97 Å². The van der Waals surface area contributed by atoms with Crippen LogP contribution in [0, 0.1) is 18.6 Å². The summed E-state index contributed by atoms with van der Waals surface area (Å²) in [4.78, 5) is 11.1. The van der Waals surface area contributed by atoms with E-state index in [2.05, 4.69) is 37.6 Å². The molecule has 7 heteroatoms. The van der Waals surface area contributed by atoms with Crippen molar-refractivity contribution in [3.63, 3.8) is 0 Å². The standard InChI is InChI=1S/C21H21F2N5/c1-14-12-20(25-15-4-7-17(8-5-15)28-10-2-3-11-28)27-21(24-14)26-16-6-9-18(22)19(23)13-16/h4-9,12-13H,2-3,10-11H2,1H3,(H2,24,25,26,27). The van der Waals surface area contributed by atoms with Gasteiger partial charge in [0.25, 0.3) is 0 Å². The van der Waals surface area contributed by atoms with Crippen LogP contribution < -0.4 is 15.5 Å². The highest BCUT2D eigenvalue weighted by Gasteiger charge is 2.12. The van der Waals surface area contributed by atoms with Gasteiger partial charge in [-0.05, 0) is 56.2 Å². The van der Waals surface area contributed by atoms with E-state index in [1.165, 1.54) is 24.6 Å². The quantitative estimate of drug-likeness (QED) is 0.640. The van der Waals surface area contributed by atoms with Crippen LogP contribution in [0.25, 0.3) is 0 Å². The molecule has 0 amide bonds. The molecule has 0 saturated carbocycles. The highest BCUT2D eigenvalue weighted by atomic mass is 19.2. The van der Waals surface area contributed by atoms with Gasteiger partial charge in [-0.3, -0.25) is 0 Å². The molecule has 0 atom stereocenters. The fourth-order valence-corrected chi connectivity index (χ4v) is 3.27. The SMILES string of the molecule is Cc1cc(Nc2ccc(N3CCCC3)cc2)nc(Nc2ccc(F)c(F)c2)n1. The van der Waals surface area contributed by atoms with E-state index in [4.69, 9.17) is 0 Å². The lowest BCUT2D eigenvalue weighted by molar-refractivity contribution is 0.509. The molecule has 2 N–H and O–H groups in total. The number of hydrogen-bond acceptors (Lipinski definition) is 5. The van der Waals surface area contributed by atoms with Crippen molar-refractivity contribution in [2.24, 2.45) is 0 Å². The molecule has 2 heterocycles. The predicted octanol–water partition coefficient (Wildman–Crippen LogP) is 5.15. The Morgan fingerprint density at radius 3 is 2.25 bits per heavy atom. The maximum absolute atomic E-state index is 13.4. The number of nitrogens with one attached hydrogen (secondary N) is 2. The molecule has 3 aromatic rings. The van der Waals surface area contributed by atoms with E-state index < -0.39 is 11.6 Å². The minimum absolute atomic E-state index is 0.308. The maximum Gasteiger partial charge on any atom is 0.229 e. The van der Waals surface area contributed by atoms with Gasteiger partial charge in [0.2, 0.25) is 5.95 Å². The molecule has 144 valence electrons. The first-order valence-corrected chi connectivity index (χ1v) is 9.27. The minimum atomic E-state index is -0.922. The summed E-state index contributed by atoms with van der Waals surface area (Å²) in [5.74, 6) is -0.891. The lowest BCUT2D eigenvalue weighted by Gasteiger charge is -2.18. The minimum Gasteiger partial charge on any atom is -0.372 e. The summed E-state index contributed by atoms with van der Waals surface area (Å²) < 4.78 is 26.5. The first-order chi connectivity index (χ1) is 13.6. The fraction of sp³-hybridized carbons (Fsp3) is 0.238. The summed E-state index contributed by atoms with van der Waals surface area (Å²) in [5.41, 5.74) is 3.27. The topological polar surface area (TPSA) is 53.1 Å². The Kier molecular flexibility index (Phi) is 5.06. The molecular weight excluding hydrogens is 360 g/mol. The summed E-state index contributed by atoms with van der Waals surface area (Å²) in [5, 5.41) is 6.18. The second kappa shape index (κ2) is 7.80. The second-order valence-electron chi connectivity index (χ2n) is 6.84. The molecule has 0 bridgehead atoms.